The van der Waals surface area contributed by atoms with E-state index in [1.807, 2.05) is 31.2 Å². The second kappa shape index (κ2) is 13.3. The predicted molar refractivity (Wildman–Crippen MR) is 144 cm³/mol. The first-order valence-electron chi connectivity index (χ1n) is 12.6. The van der Waals surface area contributed by atoms with E-state index in [0.29, 0.717) is 17.2 Å². The van der Waals surface area contributed by atoms with Crippen LogP contribution in [0.15, 0.2) is 59.2 Å². The van der Waals surface area contributed by atoms with Gasteiger partial charge in [0.2, 0.25) is 0 Å². The lowest BCUT2D eigenvalue weighted by atomic mass is 9.95. The Hall–Kier alpha value is -2.48. The van der Waals surface area contributed by atoms with E-state index in [0.717, 1.165) is 29.9 Å². The van der Waals surface area contributed by atoms with Crippen LogP contribution in [0.3, 0.4) is 0 Å². The molecular weight excluding hydrogens is 404 g/mol. The molecule has 0 radical (unpaired) electrons. The summed E-state index contributed by atoms with van der Waals surface area (Å²) in [5.74, 6) is 1.36. The number of fused-ring (bicyclic) bond motifs is 1. The number of phenolic OH excluding ortho intramolecular Hbond substituents is 2. The first-order valence-corrected chi connectivity index (χ1v) is 12.6. The first kappa shape index (κ1) is 26.8. The Bertz CT molecular complexity index is 1000. The lowest BCUT2D eigenvalue weighted by molar-refractivity contribution is 0.461. The number of benzene rings is 2. The molecule has 180 valence electrons. The van der Waals surface area contributed by atoms with E-state index in [2.05, 4.69) is 52.8 Å². The zero-order valence-corrected chi connectivity index (χ0v) is 21.7. The fraction of sp³-hybridized carbons (Fsp3) is 0.484. The van der Waals surface area contributed by atoms with Gasteiger partial charge >= 0.3 is 0 Å². The van der Waals surface area contributed by atoms with Gasteiger partial charge in [-0.2, -0.15) is 0 Å². The SMILES string of the molecule is CC(C)=CCCC(C)CCC/C(C)=C\CC/C(C)=C/Cc1c(C)c(O)c2ccccc2c1O. The van der Waals surface area contributed by atoms with Gasteiger partial charge in [-0.3, -0.25) is 0 Å². The zero-order valence-electron chi connectivity index (χ0n) is 21.7. The van der Waals surface area contributed by atoms with E-state index in [1.54, 1.807) is 0 Å². The van der Waals surface area contributed by atoms with Gasteiger partial charge in [-0.25, -0.2) is 0 Å². The second-order valence-corrected chi connectivity index (χ2v) is 10.0. The third kappa shape index (κ3) is 8.42. The summed E-state index contributed by atoms with van der Waals surface area (Å²) in [5.41, 5.74) is 5.82. The van der Waals surface area contributed by atoms with E-state index in [-0.39, 0.29) is 11.5 Å². The van der Waals surface area contributed by atoms with Crippen LogP contribution < -0.4 is 0 Å². The van der Waals surface area contributed by atoms with Crippen LogP contribution in [0, 0.1) is 12.8 Å². The average Bonchev–Trinajstić information content (AvgIpc) is 2.77. The highest BCUT2D eigenvalue weighted by Crippen LogP contribution is 2.39. The van der Waals surface area contributed by atoms with Crippen molar-refractivity contribution in [2.45, 2.75) is 92.9 Å². The molecule has 0 saturated carbocycles. The largest absolute Gasteiger partial charge is 0.507 e. The maximum Gasteiger partial charge on any atom is 0.127 e. The Morgan fingerprint density at radius 2 is 1.45 bits per heavy atom. The quantitative estimate of drug-likeness (QED) is 0.251. The minimum Gasteiger partial charge on any atom is -0.507 e. The summed E-state index contributed by atoms with van der Waals surface area (Å²) in [6.45, 7) is 13.0. The van der Waals surface area contributed by atoms with Crippen LogP contribution in [0.5, 0.6) is 11.5 Å². The van der Waals surface area contributed by atoms with Gasteiger partial charge in [0, 0.05) is 16.3 Å². The minimum atomic E-state index is 0.272. The van der Waals surface area contributed by atoms with Gasteiger partial charge in [0.1, 0.15) is 11.5 Å². The molecule has 0 aliphatic carbocycles. The monoisotopic (exact) mass is 448 g/mol. The molecular formula is C31H44O2. The van der Waals surface area contributed by atoms with Gasteiger partial charge in [-0.1, -0.05) is 72.6 Å². The molecule has 1 atom stereocenters. The van der Waals surface area contributed by atoms with E-state index in [9.17, 15) is 10.2 Å². The highest BCUT2D eigenvalue weighted by atomic mass is 16.3. The summed E-state index contributed by atoms with van der Waals surface area (Å²) in [6.07, 6.45) is 15.9. The Morgan fingerprint density at radius 3 is 2.12 bits per heavy atom. The summed E-state index contributed by atoms with van der Waals surface area (Å²) in [5, 5.41) is 22.7. The molecule has 0 saturated heterocycles. The molecule has 2 aromatic carbocycles. The summed E-state index contributed by atoms with van der Waals surface area (Å²) in [6, 6.07) is 7.48. The third-order valence-corrected chi connectivity index (χ3v) is 6.70. The number of allylic oxidation sites excluding steroid dienone is 6. The van der Waals surface area contributed by atoms with Gasteiger partial charge in [-0.15, -0.1) is 0 Å². The number of hydrogen-bond acceptors (Lipinski definition) is 2. The number of phenols is 2. The second-order valence-electron chi connectivity index (χ2n) is 10.0. The molecule has 2 N–H and O–H groups in total. The Balaban J connectivity index is 1.83. The Kier molecular flexibility index (Phi) is 10.8. The Labute approximate surface area is 201 Å². The summed E-state index contributed by atoms with van der Waals surface area (Å²) < 4.78 is 0. The van der Waals surface area contributed by atoms with Crippen molar-refractivity contribution in [3.05, 3.63) is 70.3 Å². The molecule has 0 aromatic heterocycles. The lowest BCUT2D eigenvalue weighted by Gasteiger charge is -2.13. The van der Waals surface area contributed by atoms with Gasteiger partial charge in [0.15, 0.2) is 0 Å². The van der Waals surface area contributed by atoms with Crippen molar-refractivity contribution in [1.29, 1.82) is 0 Å². The van der Waals surface area contributed by atoms with Crippen molar-refractivity contribution in [3.8, 4) is 11.5 Å². The fourth-order valence-corrected chi connectivity index (χ4v) is 4.39. The fourth-order valence-electron chi connectivity index (χ4n) is 4.39. The Morgan fingerprint density at radius 1 is 0.818 bits per heavy atom. The number of hydrogen-bond donors (Lipinski definition) is 2. The molecule has 2 heteroatoms. The van der Waals surface area contributed by atoms with Crippen LogP contribution in [-0.4, -0.2) is 10.2 Å². The maximum absolute atomic E-state index is 10.8. The molecule has 1 unspecified atom stereocenters. The van der Waals surface area contributed by atoms with Crippen molar-refractivity contribution in [2.24, 2.45) is 5.92 Å². The summed E-state index contributed by atoms with van der Waals surface area (Å²) in [4.78, 5) is 0. The van der Waals surface area contributed by atoms with Gasteiger partial charge in [-0.05, 0) is 91.0 Å². The molecule has 0 fully saturated rings. The third-order valence-electron chi connectivity index (χ3n) is 6.70. The maximum atomic E-state index is 10.8. The minimum absolute atomic E-state index is 0.272. The molecule has 0 spiro atoms. The van der Waals surface area contributed by atoms with Crippen LogP contribution in [-0.2, 0) is 6.42 Å². The smallest absolute Gasteiger partial charge is 0.127 e. The van der Waals surface area contributed by atoms with Crippen LogP contribution >= 0.6 is 0 Å². The van der Waals surface area contributed by atoms with E-state index >= 15 is 0 Å². The van der Waals surface area contributed by atoms with E-state index in [4.69, 9.17) is 0 Å². The molecule has 33 heavy (non-hydrogen) atoms. The highest BCUT2D eigenvalue weighted by Gasteiger charge is 2.14. The van der Waals surface area contributed by atoms with Gasteiger partial charge in [0.25, 0.3) is 0 Å². The van der Waals surface area contributed by atoms with Gasteiger partial charge in [0.05, 0.1) is 0 Å². The van der Waals surface area contributed by atoms with Crippen molar-refractivity contribution in [3.63, 3.8) is 0 Å². The summed E-state index contributed by atoms with van der Waals surface area (Å²) >= 11 is 0. The summed E-state index contributed by atoms with van der Waals surface area (Å²) in [7, 11) is 0. The standard InChI is InChI=1S/C31H44O2/c1-22(2)12-9-13-23(3)14-10-15-24(4)16-11-17-25(5)20-21-27-26(6)30(32)28-18-7-8-19-29(28)31(27)33/h7-8,12,16,18-20,23,32-33H,9-11,13-15,17,21H2,1-6H3/b24-16-,25-20+. The molecule has 0 aliphatic rings. The van der Waals surface area contributed by atoms with Crippen molar-refractivity contribution < 1.29 is 10.2 Å². The van der Waals surface area contributed by atoms with Crippen molar-refractivity contribution >= 4 is 10.8 Å². The molecule has 2 aromatic rings. The number of rotatable bonds is 12. The van der Waals surface area contributed by atoms with Crippen LogP contribution in [0.4, 0.5) is 0 Å². The van der Waals surface area contributed by atoms with E-state index in [1.165, 1.54) is 48.8 Å². The van der Waals surface area contributed by atoms with Crippen LogP contribution in [0.2, 0.25) is 0 Å². The van der Waals surface area contributed by atoms with Crippen LogP contribution in [0.25, 0.3) is 10.8 Å². The van der Waals surface area contributed by atoms with E-state index < -0.39 is 0 Å². The van der Waals surface area contributed by atoms with Crippen molar-refractivity contribution in [2.75, 3.05) is 0 Å². The molecule has 0 heterocycles. The molecule has 0 bridgehead atoms. The topological polar surface area (TPSA) is 40.5 Å². The predicted octanol–water partition coefficient (Wildman–Crippen LogP) is 9.33. The highest BCUT2D eigenvalue weighted by molar-refractivity contribution is 5.95. The normalized spacial score (nSPS) is 13.4. The molecule has 2 nitrogen and oxygen atoms in total. The molecule has 2 rings (SSSR count). The molecule has 0 amide bonds. The van der Waals surface area contributed by atoms with Gasteiger partial charge < -0.3 is 10.2 Å². The van der Waals surface area contributed by atoms with Crippen LogP contribution in [0.1, 0.15) is 90.7 Å². The molecule has 0 aliphatic heterocycles. The average molecular weight is 449 g/mol. The number of aromatic hydroxyl groups is 2. The lowest BCUT2D eigenvalue weighted by Crippen LogP contribution is -1.94. The zero-order chi connectivity index (χ0) is 24.4. The first-order chi connectivity index (χ1) is 15.7. The van der Waals surface area contributed by atoms with Crippen molar-refractivity contribution in [1.82, 2.24) is 0 Å².